The van der Waals surface area contributed by atoms with Gasteiger partial charge >= 0.3 is 0 Å². The summed E-state index contributed by atoms with van der Waals surface area (Å²) in [5, 5.41) is 2.91. The Labute approximate surface area is 131 Å². The highest BCUT2D eigenvalue weighted by Crippen LogP contribution is 2.27. The zero-order valence-corrected chi connectivity index (χ0v) is 13.0. The van der Waals surface area contributed by atoms with E-state index in [1.807, 2.05) is 37.3 Å². The van der Waals surface area contributed by atoms with Gasteiger partial charge in [-0.25, -0.2) is 0 Å². The number of amides is 1. The molecule has 4 heteroatoms. The lowest BCUT2D eigenvalue weighted by Gasteiger charge is -2.11. The Kier molecular flexibility index (Phi) is 5.83. The standard InChI is InChI=1S/C18H21NO3/c1-3-22-16-10-9-15(13-17(16)21-2)18(20)19-12-11-14-7-5-4-6-8-14/h4-10,13H,3,11-12H2,1-2H3,(H,19,20). The minimum absolute atomic E-state index is 0.114. The van der Waals surface area contributed by atoms with Crippen LogP contribution >= 0.6 is 0 Å². The Morgan fingerprint density at radius 2 is 1.86 bits per heavy atom. The fourth-order valence-electron chi connectivity index (χ4n) is 2.15. The van der Waals surface area contributed by atoms with E-state index in [1.165, 1.54) is 5.56 Å². The molecular formula is C18H21NO3. The first-order valence-electron chi connectivity index (χ1n) is 7.37. The number of nitrogens with one attached hydrogen (secondary N) is 1. The molecule has 0 atom stereocenters. The van der Waals surface area contributed by atoms with Gasteiger partial charge in [0.25, 0.3) is 5.91 Å². The summed E-state index contributed by atoms with van der Waals surface area (Å²) in [6, 6.07) is 15.3. The molecule has 0 aliphatic carbocycles. The molecule has 0 radical (unpaired) electrons. The summed E-state index contributed by atoms with van der Waals surface area (Å²) in [5.74, 6) is 1.10. The van der Waals surface area contributed by atoms with E-state index < -0.39 is 0 Å². The zero-order valence-electron chi connectivity index (χ0n) is 13.0. The van der Waals surface area contributed by atoms with Crippen LogP contribution in [0.4, 0.5) is 0 Å². The number of hydrogen-bond donors (Lipinski definition) is 1. The van der Waals surface area contributed by atoms with E-state index in [1.54, 1.807) is 25.3 Å². The molecule has 1 amide bonds. The summed E-state index contributed by atoms with van der Waals surface area (Å²) in [6.07, 6.45) is 0.806. The van der Waals surface area contributed by atoms with Gasteiger partial charge in [-0.1, -0.05) is 30.3 Å². The van der Waals surface area contributed by atoms with Gasteiger partial charge in [0.15, 0.2) is 11.5 Å². The van der Waals surface area contributed by atoms with Crippen molar-refractivity contribution in [1.82, 2.24) is 5.32 Å². The fourth-order valence-corrected chi connectivity index (χ4v) is 2.15. The average molecular weight is 299 g/mol. The summed E-state index contributed by atoms with van der Waals surface area (Å²) in [7, 11) is 1.56. The third-order valence-electron chi connectivity index (χ3n) is 3.27. The van der Waals surface area contributed by atoms with E-state index in [0.717, 1.165) is 6.42 Å². The van der Waals surface area contributed by atoms with E-state index >= 15 is 0 Å². The molecule has 116 valence electrons. The van der Waals surface area contributed by atoms with Crippen LogP contribution in [0.2, 0.25) is 0 Å². The highest BCUT2D eigenvalue weighted by Gasteiger charge is 2.10. The summed E-state index contributed by atoms with van der Waals surface area (Å²) >= 11 is 0. The average Bonchev–Trinajstić information content (AvgIpc) is 2.56. The van der Waals surface area contributed by atoms with E-state index in [4.69, 9.17) is 9.47 Å². The van der Waals surface area contributed by atoms with Crippen LogP contribution in [0.1, 0.15) is 22.8 Å². The number of hydrogen-bond acceptors (Lipinski definition) is 3. The predicted octanol–water partition coefficient (Wildman–Crippen LogP) is 3.07. The lowest BCUT2D eigenvalue weighted by molar-refractivity contribution is 0.0953. The Bertz CT molecular complexity index is 611. The molecule has 0 aliphatic heterocycles. The summed E-state index contributed by atoms with van der Waals surface area (Å²) in [5.41, 5.74) is 1.76. The van der Waals surface area contributed by atoms with Gasteiger partial charge in [0.2, 0.25) is 0 Å². The fraction of sp³-hybridized carbons (Fsp3) is 0.278. The van der Waals surface area contributed by atoms with Crippen LogP contribution in [0.15, 0.2) is 48.5 Å². The van der Waals surface area contributed by atoms with Crippen LogP contribution in [0, 0.1) is 0 Å². The maximum Gasteiger partial charge on any atom is 0.251 e. The molecule has 4 nitrogen and oxygen atoms in total. The van der Waals surface area contributed by atoms with Gasteiger partial charge in [-0.05, 0) is 37.1 Å². The molecule has 0 bridgehead atoms. The molecule has 0 aromatic heterocycles. The smallest absolute Gasteiger partial charge is 0.251 e. The predicted molar refractivity (Wildman–Crippen MR) is 86.6 cm³/mol. The number of carbonyl (C=O) groups excluding carboxylic acids is 1. The van der Waals surface area contributed by atoms with E-state index in [2.05, 4.69) is 5.32 Å². The van der Waals surface area contributed by atoms with Crippen LogP contribution < -0.4 is 14.8 Å². The quantitative estimate of drug-likeness (QED) is 0.854. The lowest BCUT2D eigenvalue weighted by atomic mass is 10.1. The van der Waals surface area contributed by atoms with E-state index in [9.17, 15) is 4.79 Å². The Morgan fingerprint density at radius 1 is 1.09 bits per heavy atom. The topological polar surface area (TPSA) is 47.6 Å². The second-order valence-electron chi connectivity index (χ2n) is 4.79. The summed E-state index contributed by atoms with van der Waals surface area (Å²) in [6.45, 7) is 3.06. The van der Waals surface area contributed by atoms with Crippen molar-refractivity contribution in [2.75, 3.05) is 20.3 Å². The number of methoxy groups -OCH3 is 1. The van der Waals surface area contributed by atoms with Crippen LogP contribution in [0.5, 0.6) is 11.5 Å². The van der Waals surface area contributed by atoms with Gasteiger partial charge < -0.3 is 14.8 Å². The molecule has 0 saturated carbocycles. The normalized spacial score (nSPS) is 10.1. The van der Waals surface area contributed by atoms with E-state index in [0.29, 0.717) is 30.2 Å². The highest BCUT2D eigenvalue weighted by atomic mass is 16.5. The Hall–Kier alpha value is -2.49. The number of carbonyl (C=O) groups is 1. The van der Waals surface area contributed by atoms with Gasteiger partial charge in [-0.15, -0.1) is 0 Å². The first-order valence-corrected chi connectivity index (χ1v) is 7.37. The van der Waals surface area contributed by atoms with Crippen molar-refractivity contribution in [3.63, 3.8) is 0 Å². The van der Waals surface area contributed by atoms with Crippen molar-refractivity contribution >= 4 is 5.91 Å². The van der Waals surface area contributed by atoms with Gasteiger partial charge in [0.1, 0.15) is 0 Å². The largest absolute Gasteiger partial charge is 0.493 e. The minimum Gasteiger partial charge on any atom is -0.493 e. The maximum atomic E-state index is 12.2. The molecule has 2 rings (SSSR count). The van der Waals surface area contributed by atoms with Crippen molar-refractivity contribution in [3.8, 4) is 11.5 Å². The van der Waals surface area contributed by atoms with Gasteiger partial charge in [0.05, 0.1) is 13.7 Å². The second-order valence-corrected chi connectivity index (χ2v) is 4.79. The lowest BCUT2D eigenvalue weighted by Crippen LogP contribution is -2.25. The number of rotatable bonds is 7. The van der Waals surface area contributed by atoms with Crippen LogP contribution in [0.3, 0.4) is 0 Å². The second kappa shape index (κ2) is 8.08. The van der Waals surface area contributed by atoms with Crippen molar-refractivity contribution in [2.45, 2.75) is 13.3 Å². The zero-order chi connectivity index (χ0) is 15.8. The molecule has 0 spiro atoms. The van der Waals surface area contributed by atoms with Crippen LogP contribution in [-0.2, 0) is 6.42 Å². The van der Waals surface area contributed by atoms with Crippen molar-refractivity contribution < 1.29 is 14.3 Å². The molecule has 0 fully saturated rings. The molecule has 0 aliphatic rings. The summed E-state index contributed by atoms with van der Waals surface area (Å²) in [4.78, 5) is 12.2. The monoisotopic (exact) mass is 299 g/mol. The van der Waals surface area contributed by atoms with Crippen molar-refractivity contribution in [1.29, 1.82) is 0 Å². The molecular weight excluding hydrogens is 278 g/mol. The SMILES string of the molecule is CCOc1ccc(C(=O)NCCc2ccccc2)cc1OC. The molecule has 0 saturated heterocycles. The summed E-state index contributed by atoms with van der Waals surface area (Å²) < 4.78 is 10.7. The molecule has 22 heavy (non-hydrogen) atoms. The molecule has 1 N–H and O–H groups in total. The number of benzene rings is 2. The molecule has 2 aromatic rings. The van der Waals surface area contributed by atoms with Crippen molar-refractivity contribution in [2.24, 2.45) is 0 Å². The maximum absolute atomic E-state index is 12.2. The first kappa shape index (κ1) is 15.9. The molecule has 2 aromatic carbocycles. The Balaban J connectivity index is 1.94. The minimum atomic E-state index is -0.114. The molecule has 0 unspecified atom stereocenters. The third kappa shape index (κ3) is 4.25. The van der Waals surface area contributed by atoms with Gasteiger partial charge in [0, 0.05) is 12.1 Å². The van der Waals surface area contributed by atoms with Gasteiger partial charge in [-0.3, -0.25) is 4.79 Å². The first-order chi connectivity index (χ1) is 10.7. The van der Waals surface area contributed by atoms with Crippen LogP contribution in [-0.4, -0.2) is 26.2 Å². The van der Waals surface area contributed by atoms with Gasteiger partial charge in [-0.2, -0.15) is 0 Å². The number of ether oxygens (including phenoxy) is 2. The highest BCUT2D eigenvalue weighted by molar-refractivity contribution is 5.94. The third-order valence-corrected chi connectivity index (χ3v) is 3.27. The van der Waals surface area contributed by atoms with Crippen LogP contribution in [0.25, 0.3) is 0 Å². The van der Waals surface area contributed by atoms with Crippen molar-refractivity contribution in [3.05, 3.63) is 59.7 Å². The molecule has 0 heterocycles. The Morgan fingerprint density at radius 3 is 2.55 bits per heavy atom. The van der Waals surface area contributed by atoms with E-state index in [-0.39, 0.29) is 5.91 Å².